The van der Waals surface area contributed by atoms with Crippen LogP contribution in [0.2, 0.25) is 5.15 Å². The fraction of sp³-hybridized carbons (Fsp3) is 0.200. The zero-order chi connectivity index (χ0) is 20.4. The average Bonchev–Trinajstić information content (AvgIpc) is 3.11. The van der Waals surface area contributed by atoms with Crippen LogP contribution in [0.25, 0.3) is 28.5 Å². The molecular weight excluding hydrogens is 394 g/mol. The van der Waals surface area contributed by atoms with Gasteiger partial charge in [0.25, 0.3) is 0 Å². The van der Waals surface area contributed by atoms with E-state index in [9.17, 15) is 0 Å². The molecule has 8 nitrogen and oxygen atoms in total. The minimum absolute atomic E-state index is 0.247. The topological polar surface area (TPSA) is 84.2 Å². The number of aromatic nitrogens is 5. The largest absolute Gasteiger partial charge is 0.494 e. The van der Waals surface area contributed by atoms with Crippen molar-refractivity contribution in [2.45, 2.75) is 6.92 Å². The van der Waals surface area contributed by atoms with E-state index >= 15 is 0 Å². The summed E-state index contributed by atoms with van der Waals surface area (Å²) in [6.45, 7) is 2.41. The molecule has 0 fully saturated rings. The molecule has 3 aromatic heterocycles. The van der Waals surface area contributed by atoms with E-state index < -0.39 is 0 Å². The number of fused-ring (bicyclic) bond motifs is 1. The second-order valence-corrected chi connectivity index (χ2v) is 6.30. The lowest BCUT2D eigenvalue weighted by atomic mass is 10.2. The van der Waals surface area contributed by atoms with E-state index in [0.29, 0.717) is 52.5 Å². The number of nitrogens with zero attached hydrogens (tertiary/aromatic N) is 5. The minimum Gasteiger partial charge on any atom is -0.494 e. The number of hydrogen-bond donors (Lipinski definition) is 0. The standard InChI is InChI=1S/C20H18ClN5O3/c1-4-29-16-10-5-7-12(23-16)19-25-18-20(22-11-15(21)24-18)26(19)17-13(27-2)8-6-9-14(17)28-3/h5-11H,4H2,1-3H3. The Hall–Kier alpha value is -3.39. The molecule has 0 atom stereocenters. The lowest BCUT2D eigenvalue weighted by Crippen LogP contribution is -2.05. The Bertz CT molecular complexity index is 1160. The van der Waals surface area contributed by atoms with Gasteiger partial charge in [0.15, 0.2) is 17.1 Å². The molecule has 0 spiro atoms. The molecule has 0 saturated heterocycles. The van der Waals surface area contributed by atoms with Crippen LogP contribution in [0.5, 0.6) is 17.4 Å². The zero-order valence-electron chi connectivity index (χ0n) is 16.1. The number of methoxy groups -OCH3 is 2. The van der Waals surface area contributed by atoms with Gasteiger partial charge >= 0.3 is 0 Å². The van der Waals surface area contributed by atoms with Crippen molar-refractivity contribution in [3.8, 4) is 34.6 Å². The Kier molecular flexibility index (Phi) is 5.18. The second-order valence-electron chi connectivity index (χ2n) is 5.92. The third-order valence-electron chi connectivity index (χ3n) is 4.21. The fourth-order valence-corrected chi connectivity index (χ4v) is 3.17. The van der Waals surface area contributed by atoms with Crippen LogP contribution >= 0.6 is 11.6 Å². The van der Waals surface area contributed by atoms with Crippen molar-refractivity contribution in [2.24, 2.45) is 0 Å². The summed E-state index contributed by atoms with van der Waals surface area (Å²) < 4.78 is 18.5. The highest BCUT2D eigenvalue weighted by Gasteiger charge is 2.23. The summed E-state index contributed by atoms with van der Waals surface area (Å²) in [6.07, 6.45) is 1.47. The highest BCUT2D eigenvalue weighted by atomic mass is 35.5. The van der Waals surface area contributed by atoms with Gasteiger partial charge in [-0.25, -0.2) is 19.9 Å². The van der Waals surface area contributed by atoms with E-state index in [1.165, 1.54) is 6.20 Å². The first-order valence-corrected chi connectivity index (χ1v) is 9.26. The van der Waals surface area contributed by atoms with Crippen molar-refractivity contribution < 1.29 is 14.2 Å². The Morgan fingerprint density at radius 1 is 0.966 bits per heavy atom. The van der Waals surface area contributed by atoms with Crippen molar-refractivity contribution in [3.05, 3.63) is 47.7 Å². The first-order chi connectivity index (χ1) is 14.2. The summed E-state index contributed by atoms with van der Waals surface area (Å²) in [5.41, 5.74) is 2.09. The van der Waals surface area contributed by atoms with Gasteiger partial charge in [-0.1, -0.05) is 23.7 Å². The molecule has 0 saturated carbocycles. The molecule has 29 heavy (non-hydrogen) atoms. The smallest absolute Gasteiger partial charge is 0.213 e. The molecule has 0 amide bonds. The van der Waals surface area contributed by atoms with Crippen LogP contribution in [0.4, 0.5) is 0 Å². The van der Waals surface area contributed by atoms with Gasteiger partial charge in [-0.15, -0.1) is 0 Å². The van der Waals surface area contributed by atoms with Crippen molar-refractivity contribution in [3.63, 3.8) is 0 Å². The first-order valence-electron chi connectivity index (χ1n) is 8.88. The van der Waals surface area contributed by atoms with Gasteiger partial charge in [0, 0.05) is 6.07 Å². The van der Waals surface area contributed by atoms with E-state index in [2.05, 4.69) is 19.9 Å². The van der Waals surface area contributed by atoms with Gasteiger partial charge in [0.2, 0.25) is 5.88 Å². The minimum atomic E-state index is 0.247. The highest BCUT2D eigenvalue weighted by molar-refractivity contribution is 6.29. The van der Waals surface area contributed by atoms with E-state index in [-0.39, 0.29) is 5.15 Å². The number of para-hydroxylation sites is 1. The van der Waals surface area contributed by atoms with Gasteiger partial charge in [0.05, 0.1) is 27.0 Å². The molecule has 9 heteroatoms. The lowest BCUT2D eigenvalue weighted by Gasteiger charge is -2.16. The van der Waals surface area contributed by atoms with E-state index in [1.54, 1.807) is 24.9 Å². The maximum atomic E-state index is 6.05. The maximum absolute atomic E-state index is 6.05. The van der Waals surface area contributed by atoms with Gasteiger partial charge in [-0.05, 0) is 25.1 Å². The van der Waals surface area contributed by atoms with E-state index in [4.69, 9.17) is 25.8 Å². The van der Waals surface area contributed by atoms with Crippen LogP contribution in [0, 0.1) is 0 Å². The summed E-state index contributed by atoms with van der Waals surface area (Å²) in [5.74, 6) is 2.17. The number of benzene rings is 1. The van der Waals surface area contributed by atoms with Crippen LogP contribution in [0.3, 0.4) is 0 Å². The Morgan fingerprint density at radius 2 is 1.69 bits per heavy atom. The Balaban J connectivity index is 2.06. The van der Waals surface area contributed by atoms with Crippen LogP contribution in [-0.2, 0) is 0 Å². The second kappa shape index (κ2) is 7.92. The van der Waals surface area contributed by atoms with Crippen LogP contribution < -0.4 is 14.2 Å². The average molecular weight is 412 g/mol. The Labute approximate surface area is 172 Å². The van der Waals surface area contributed by atoms with Crippen LogP contribution in [0.1, 0.15) is 6.92 Å². The summed E-state index contributed by atoms with van der Waals surface area (Å²) >= 11 is 6.05. The number of hydrogen-bond acceptors (Lipinski definition) is 7. The summed E-state index contributed by atoms with van der Waals surface area (Å²) in [6, 6.07) is 11.0. The monoisotopic (exact) mass is 411 g/mol. The van der Waals surface area contributed by atoms with Gasteiger partial charge in [-0.3, -0.25) is 4.57 Å². The highest BCUT2D eigenvalue weighted by Crippen LogP contribution is 2.37. The van der Waals surface area contributed by atoms with Crippen molar-refractivity contribution in [1.29, 1.82) is 0 Å². The molecule has 0 aliphatic heterocycles. The summed E-state index contributed by atoms with van der Waals surface area (Å²) in [7, 11) is 3.18. The summed E-state index contributed by atoms with van der Waals surface area (Å²) in [5, 5.41) is 0.247. The third kappa shape index (κ3) is 3.42. The van der Waals surface area contributed by atoms with Gasteiger partial charge < -0.3 is 14.2 Å². The zero-order valence-corrected chi connectivity index (χ0v) is 16.8. The summed E-state index contributed by atoms with van der Waals surface area (Å²) in [4.78, 5) is 18.0. The molecule has 0 aliphatic rings. The van der Waals surface area contributed by atoms with Crippen LogP contribution in [0.15, 0.2) is 42.6 Å². The predicted molar refractivity (Wildman–Crippen MR) is 109 cm³/mol. The molecule has 0 bridgehead atoms. The fourth-order valence-electron chi connectivity index (χ4n) is 3.04. The maximum Gasteiger partial charge on any atom is 0.213 e. The first kappa shape index (κ1) is 18.9. The van der Waals surface area contributed by atoms with Gasteiger partial charge in [-0.2, -0.15) is 0 Å². The molecular formula is C20H18ClN5O3. The van der Waals surface area contributed by atoms with E-state index in [1.807, 2.05) is 37.3 Å². The molecule has 0 aliphatic carbocycles. The third-order valence-corrected chi connectivity index (χ3v) is 4.39. The molecule has 4 rings (SSSR count). The molecule has 0 radical (unpaired) electrons. The number of pyridine rings is 1. The number of ether oxygens (including phenoxy) is 3. The SMILES string of the molecule is CCOc1cccc(-c2nc3nc(Cl)cnc3n2-c2c(OC)cccc2OC)n1. The Morgan fingerprint density at radius 3 is 2.38 bits per heavy atom. The van der Waals surface area contributed by atoms with Crippen LogP contribution in [-0.4, -0.2) is 45.3 Å². The van der Waals surface area contributed by atoms with Gasteiger partial charge in [0.1, 0.15) is 28.0 Å². The molecule has 0 N–H and O–H groups in total. The molecule has 4 aromatic rings. The number of imidazole rings is 1. The lowest BCUT2D eigenvalue weighted by molar-refractivity contribution is 0.327. The predicted octanol–water partition coefficient (Wildman–Crippen LogP) is 3.95. The number of rotatable bonds is 6. The van der Waals surface area contributed by atoms with Crippen molar-refractivity contribution in [1.82, 2.24) is 24.5 Å². The molecule has 0 unspecified atom stereocenters. The van der Waals surface area contributed by atoms with E-state index in [0.717, 1.165) is 0 Å². The normalized spacial score (nSPS) is 10.9. The molecule has 1 aromatic carbocycles. The molecule has 148 valence electrons. The quantitative estimate of drug-likeness (QED) is 0.475. The number of halogens is 1. The van der Waals surface area contributed by atoms with Crippen molar-refractivity contribution in [2.75, 3.05) is 20.8 Å². The molecule has 3 heterocycles. The van der Waals surface area contributed by atoms with Crippen molar-refractivity contribution >= 4 is 22.9 Å².